The van der Waals surface area contributed by atoms with Crippen LogP contribution in [0.2, 0.25) is 0 Å². The average molecular weight is 1020 g/mol. The lowest BCUT2D eigenvalue weighted by molar-refractivity contribution is -0.688. The number of aliphatic imine (C=N–C) groups is 1. The molecule has 1 aliphatic carbocycles. The van der Waals surface area contributed by atoms with Crippen LogP contribution in [-0.4, -0.2) is 142 Å². The second kappa shape index (κ2) is 29.1. The number of carboxylic acid groups (broad SMARTS) is 3. The number of nitrogens with one attached hydrogen (secondary N) is 3. The fourth-order valence-electron chi connectivity index (χ4n) is 7.06. The standard InChI is InChI=1S/C39H56N8O10.2C2HF3O2/c1-46(23-39(24-48)15-6-7-16-39)31(50)9-5-3-2-4-8-18-42-38(43-25-41)44-27-13-19-47(20-14-27)22-26-10-11-29(28(21-26)45-30(49)12-17-40)56-37-34(53)32(51)33(52)35(57-37)36(54)55;2*3-2(4,5)1(6)7/h10-11,13-14,19-21,32-35,37,48,51-53H,2-9,12,15-18,22-24,40H2,1H3,(H3,42,43,45,49,54,55);2*(H,6,7)/t32-,33-,34+,35-,37+;;/m0../s1. The Balaban J connectivity index is 0.00000107. The van der Waals surface area contributed by atoms with Gasteiger partial charge in [-0.25, -0.2) is 9.36 Å². The molecule has 1 aromatic heterocycles. The van der Waals surface area contributed by atoms with Gasteiger partial charge >= 0.3 is 18.3 Å². The Labute approximate surface area is 402 Å². The maximum Gasteiger partial charge on any atom is 0.430 e. The van der Waals surface area contributed by atoms with Crippen molar-refractivity contribution in [3.63, 3.8) is 0 Å². The van der Waals surface area contributed by atoms with E-state index in [1.165, 1.54) is 6.07 Å². The smallest absolute Gasteiger partial charge is 0.430 e. The predicted molar refractivity (Wildman–Crippen MR) is 228 cm³/mol. The lowest BCUT2D eigenvalue weighted by atomic mass is 9.86. The number of hydrogen-bond acceptors (Lipinski definition) is 15. The van der Waals surface area contributed by atoms with E-state index in [1.807, 2.05) is 30.2 Å². The number of pyridine rings is 1. The summed E-state index contributed by atoms with van der Waals surface area (Å²) < 4.78 is 76.0. The van der Waals surface area contributed by atoms with Crippen molar-refractivity contribution in [2.24, 2.45) is 10.4 Å². The Morgan fingerprint density at radius 1 is 0.915 bits per heavy atom. The molecule has 1 aliphatic heterocycles. The van der Waals surface area contributed by atoms with Gasteiger partial charge in [0.2, 0.25) is 24.1 Å². The zero-order valence-electron chi connectivity index (χ0n) is 38.4. The Morgan fingerprint density at radius 3 is 2.03 bits per heavy atom. The van der Waals surface area contributed by atoms with Gasteiger partial charge in [0.1, 0.15) is 36.0 Å². The van der Waals surface area contributed by atoms with Gasteiger partial charge in [0.25, 0.3) is 0 Å². The summed E-state index contributed by atoms with van der Waals surface area (Å²) in [6.07, 6.45) is -4.61. The molecule has 0 radical (unpaired) electrons. The number of benzene rings is 1. The second-order valence-corrected chi connectivity index (χ2v) is 16.4. The highest BCUT2D eigenvalue weighted by Crippen LogP contribution is 2.38. The minimum Gasteiger partial charge on any atom is -0.542 e. The van der Waals surface area contributed by atoms with Crippen LogP contribution < -0.4 is 41.2 Å². The maximum atomic E-state index is 12.6. The summed E-state index contributed by atoms with van der Waals surface area (Å²) in [6, 6.07) is 8.47. The van der Waals surface area contributed by atoms with Crippen LogP contribution in [-0.2, 0) is 35.3 Å². The molecule has 71 heavy (non-hydrogen) atoms. The van der Waals surface area contributed by atoms with E-state index in [4.69, 9.17) is 29.3 Å². The van der Waals surface area contributed by atoms with E-state index in [-0.39, 0.29) is 41.7 Å². The van der Waals surface area contributed by atoms with E-state index >= 15 is 0 Å². The largest absolute Gasteiger partial charge is 0.542 e. The maximum absolute atomic E-state index is 12.6. The summed E-state index contributed by atoms with van der Waals surface area (Å²) in [5, 5.41) is 85.2. The summed E-state index contributed by atoms with van der Waals surface area (Å²) in [6.45, 7) is 1.96. The molecule has 1 saturated heterocycles. The predicted octanol–water partition coefficient (Wildman–Crippen LogP) is -1.35. The van der Waals surface area contributed by atoms with Gasteiger partial charge < -0.3 is 76.1 Å². The van der Waals surface area contributed by atoms with Crippen LogP contribution in [0.15, 0.2) is 47.7 Å². The number of aromatic nitrogens is 1. The number of ether oxygens (including phenoxy) is 2. The number of carbonyl (C=O) groups is 5. The van der Waals surface area contributed by atoms with Gasteiger partial charge in [-0.3, -0.25) is 19.9 Å². The molecule has 2 aliphatic rings. The number of alkyl halides is 6. The van der Waals surface area contributed by atoms with Crippen LogP contribution in [0.1, 0.15) is 76.2 Å². The van der Waals surface area contributed by atoms with Crippen LogP contribution >= 0.6 is 0 Å². The highest BCUT2D eigenvalue weighted by molar-refractivity contribution is 5.94. The third-order valence-corrected chi connectivity index (χ3v) is 10.8. The number of halogens is 6. The van der Waals surface area contributed by atoms with Crippen LogP contribution in [0, 0.1) is 16.9 Å². The zero-order chi connectivity index (χ0) is 53.5. The number of quaternary nitrogens is 1. The number of aliphatic hydroxyl groups is 4. The van der Waals surface area contributed by atoms with Gasteiger partial charge in [-0.15, -0.1) is 0 Å². The fourth-order valence-corrected chi connectivity index (χ4v) is 7.06. The van der Waals surface area contributed by atoms with Crippen molar-refractivity contribution < 1.29 is 106 Å². The molecule has 2 heterocycles. The first kappa shape index (κ1) is 60.7. The number of hydrogen-bond donors (Lipinski definition) is 9. The van der Waals surface area contributed by atoms with Crippen LogP contribution in [0.3, 0.4) is 0 Å². The first-order valence-electron chi connectivity index (χ1n) is 22.0. The SMILES string of the molecule is CN(CC1(CO)CCCC1)C(=O)CCCCCCCN=C(NC#N)Nc1cc[n+](Cc2ccc(O[C@@H]3O[C@H](C(=O)O)[C@@H](O)[C@H](O)[C@H]3O)c(NC(=O)CC[NH3+])c2)cc1.O=C([O-])C(F)(F)F.O=C([O-])C(F)(F)F. The van der Waals surface area contributed by atoms with E-state index < -0.39 is 61.0 Å². The lowest BCUT2D eigenvalue weighted by Crippen LogP contribution is -2.61. The summed E-state index contributed by atoms with van der Waals surface area (Å²) in [7, 11) is 1.83. The van der Waals surface area contributed by atoms with Crippen molar-refractivity contribution in [3.8, 4) is 11.9 Å². The fraction of sp³-hybridized carbons (Fsp3) is 0.581. The van der Waals surface area contributed by atoms with Crippen molar-refractivity contribution in [2.75, 3.05) is 43.9 Å². The molecule has 1 aromatic carbocycles. The molecule has 2 amide bonds. The third kappa shape index (κ3) is 21.3. The van der Waals surface area contributed by atoms with E-state index in [9.17, 15) is 71.5 Å². The Kier molecular flexibility index (Phi) is 24.9. The van der Waals surface area contributed by atoms with Gasteiger partial charge in [-0.1, -0.05) is 32.1 Å². The van der Waals surface area contributed by atoms with Crippen molar-refractivity contribution in [1.29, 1.82) is 5.26 Å². The highest BCUT2D eigenvalue weighted by Gasteiger charge is 2.48. The van der Waals surface area contributed by atoms with Gasteiger partial charge in [-0.2, -0.15) is 31.6 Å². The molecular formula is C43H58F6N8O14. The first-order valence-corrected chi connectivity index (χ1v) is 22.0. The summed E-state index contributed by atoms with van der Waals surface area (Å²) in [5.74, 6) is -7.44. The summed E-state index contributed by atoms with van der Waals surface area (Å²) in [5.41, 5.74) is 5.19. The Hall–Kier alpha value is -6.38. The minimum atomic E-state index is -5.19. The molecule has 0 bridgehead atoms. The Morgan fingerprint density at radius 2 is 1.49 bits per heavy atom. The quantitative estimate of drug-likeness (QED) is 0.0141. The normalized spacial score (nSPS) is 19.6. The van der Waals surface area contributed by atoms with Gasteiger partial charge in [0.05, 0.1) is 30.9 Å². The van der Waals surface area contributed by atoms with Gasteiger partial charge in [0, 0.05) is 49.7 Å². The number of anilines is 2. The summed E-state index contributed by atoms with van der Waals surface area (Å²) >= 11 is 0. The van der Waals surface area contributed by atoms with E-state index in [0.29, 0.717) is 44.2 Å². The van der Waals surface area contributed by atoms with Gasteiger partial charge in [-0.05, 0) is 43.9 Å². The molecular weight excluding hydrogens is 967 g/mol. The minimum absolute atomic E-state index is 0.0387. The molecule has 5 atom stereocenters. The molecule has 0 spiro atoms. The number of carbonyl (C=O) groups excluding carboxylic acids is 4. The number of guanidine groups is 1. The van der Waals surface area contributed by atoms with Crippen molar-refractivity contribution >= 4 is 47.1 Å². The number of unbranched alkanes of at least 4 members (excludes halogenated alkanes) is 4. The van der Waals surface area contributed by atoms with Crippen molar-refractivity contribution in [3.05, 3.63) is 48.3 Å². The second-order valence-electron chi connectivity index (χ2n) is 16.4. The van der Waals surface area contributed by atoms with Gasteiger partial charge in [0.15, 0.2) is 31.2 Å². The Bertz CT molecular complexity index is 2100. The summed E-state index contributed by atoms with van der Waals surface area (Å²) in [4.78, 5) is 60.6. The number of aliphatic hydroxyl groups excluding tert-OH is 4. The molecule has 0 unspecified atom stereocenters. The molecule has 2 fully saturated rings. The van der Waals surface area contributed by atoms with Crippen LogP contribution in [0.5, 0.6) is 5.75 Å². The number of nitrogens with zero attached hydrogens (tertiary/aromatic N) is 4. The molecule has 1 saturated carbocycles. The van der Waals surface area contributed by atoms with Crippen LogP contribution in [0.25, 0.3) is 0 Å². The van der Waals surface area contributed by atoms with Crippen molar-refractivity contribution in [1.82, 2.24) is 10.2 Å². The average Bonchev–Trinajstić information content (AvgIpc) is 3.77. The van der Waals surface area contributed by atoms with E-state index in [0.717, 1.165) is 63.4 Å². The van der Waals surface area contributed by atoms with E-state index in [1.54, 1.807) is 29.2 Å². The van der Waals surface area contributed by atoms with Crippen molar-refractivity contribution in [2.45, 2.75) is 120 Å². The third-order valence-electron chi connectivity index (χ3n) is 10.8. The molecule has 4 rings (SSSR count). The molecule has 396 valence electrons. The number of rotatable bonds is 20. The number of aliphatic carboxylic acids is 3. The first-order chi connectivity index (χ1) is 33.3. The molecule has 11 N–H and O–H groups in total. The van der Waals surface area contributed by atoms with E-state index in [2.05, 4.69) is 26.7 Å². The topological polar surface area (TPSA) is 358 Å². The molecule has 22 nitrogen and oxygen atoms in total. The highest BCUT2D eigenvalue weighted by atomic mass is 19.4. The monoisotopic (exact) mass is 1020 g/mol. The zero-order valence-corrected chi connectivity index (χ0v) is 38.4. The molecule has 2 aromatic rings. The molecule has 28 heteroatoms. The number of nitriles is 1. The number of carboxylic acids is 3. The van der Waals surface area contributed by atoms with Crippen LogP contribution in [0.4, 0.5) is 37.7 Å². The number of amides is 2. The lowest BCUT2D eigenvalue weighted by Gasteiger charge is -2.38.